The highest BCUT2D eigenvalue weighted by Crippen LogP contribution is 2.41. The van der Waals surface area contributed by atoms with Gasteiger partial charge in [0.1, 0.15) is 12.4 Å². The maximum absolute atomic E-state index is 13.6. The molecule has 0 aliphatic heterocycles. The third-order valence-corrected chi connectivity index (χ3v) is 5.56. The Kier molecular flexibility index (Phi) is 8.52. The summed E-state index contributed by atoms with van der Waals surface area (Å²) >= 11 is 0. The number of nitrogens with zero attached hydrogens (tertiary/aromatic N) is 2. The van der Waals surface area contributed by atoms with E-state index in [-0.39, 0.29) is 25.0 Å². The molecule has 0 fully saturated rings. The molecule has 0 saturated heterocycles. The fourth-order valence-electron chi connectivity index (χ4n) is 4.09. The van der Waals surface area contributed by atoms with E-state index in [0.717, 1.165) is 11.1 Å². The van der Waals surface area contributed by atoms with Crippen molar-refractivity contribution in [2.45, 2.75) is 38.3 Å². The zero-order chi connectivity index (χ0) is 22.1. The van der Waals surface area contributed by atoms with Crippen molar-refractivity contribution in [3.63, 3.8) is 0 Å². The number of benzene rings is 2. The molecule has 0 saturated carbocycles. The average molecular weight is 413 g/mol. The molecule has 6 heteroatoms. The molecule has 1 N–H and O–H groups in total. The summed E-state index contributed by atoms with van der Waals surface area (Å²) in [5.41, 5.74) is 1.30. The summed E-state index contributed by atoms with van der Waals surface area (Å²) in [4.78, 5) is 15.2. The second kappa shape index (κ2) is 10.9. The van der Waals surface area contributed by atoms with Crippen molar-refractivity contribution in [3.05, 3.63) is 71.0 Å². The summed E-state index contributed by atoms with van der Waals surface area (Å²) in [6, 6.07) is 15.2. The van der Waals surface area contributed by atoms with Crippen LogP contribution in [-0.2, 0) is 21.7 Å². The summed E-state index contributed by atoms with van der Waals surface area (Å²) in [5.74, 6) is -1.24. The van der Waals surface area contributed by atoms with Gasteiger partial charge in [-0.3, -0.25) is 9.69 Å². The molecule has 30 heavy (non-hydrogen) atoms. The van der Waals surface area contributed by atoms with Gasteiger partial charge in [0.2, 0.25) is 0 Å². The number of aliphatic hydroxyl groups is 1. The lowest BCUT2D eigenvalue weighted by Crippen LogP contribution is -2.51. The number of nitriles is 1. The first kappa shape index (κ1) is 23.5. The number of ether oxygens (including phenoxy) is 1. The molecular formula is C24H29FN2O3. The molecule has 0 aliphatic rings. The first-order valence-electron chi connectivity index (χ1n) is 10.1. The van der Waals surface area contributed by atoms with E-state index in [1.807, 2.05) is 25.9 Å². The number of aliphatic hydroxyl groups excluding tert-OH is 1. The number of halogens is 1. The van der Waals surface area contributed by atoms with Gasteiger partial charge in [0.15, 0.2) is 0 Å². The fourth-order valence-corrected chi connectivity index (χ4v) is 4.09. The lowest BCUT2D eigenvalue weighted by molar-refractivity contribution is -0.157. The van der Waals surface area contributed by atoms with Crippen LogP contribution in [0.15, 0.2) is 48.5 Å². The number of rotatable bonds is 10. The highest BCUT2D eigenvalue weighted by Gasteiger charge is 2.45. The number of carbonyl (C=O) groups is 1. The second-order valence-corrected chi connectivity index (χ2v) is 7.53. The number of hydrogen-bond acceptors (Lipinski definition) is 5. The Bertz CT molecular complexity index is 877. The predicted molar refractivity (Wildman–Crippen MR) is 113 cm³/mol. The number of carbonyl (C=O) groups excluding carboxylic acids is 1. The highest BCUT2D eigenvalue weighted by molar-refractivity contribution is 5.74. The molecule has 5 nitrogen and oxygen atoms in total. The normalized spacial score (nSPS) is 14.0. The zero-order valence-corrected chi connectivity index (χ0v) is 17.8. The quantitative estimate of drug-likeness (QED) is 0.597. The van der Waals surface area contributed by atoms with Crippen LogP contribution < -0.4 is 0 Å². The monoisotopic (exact) mass is 412 g/mol. The summed E-state index contributed by atoms with van der Waals surface area (Å²) in [6.07, 6.45) is 1.52. The summed E-state index contributed by atoms with van der Waals surface area (Å²) < 4.78 is 19.2. The first-order chi connectivity index (χ1) is 14.4. The van der Waals surface area contributed by atoms with Crippen molar-refractivity contribution in [2.24, 2.45) is 5.92 Å². The summed E-state index contributed by atoms with van der Waals surface area (Å²) in [6.45, 7) is 1.98. The molecule has 0 spiro atoms. The SMILES string of the molecule is CCC(C(=O)OCc1cccc(C#N)c1)[C@](CCCO)(c1ccc(F)cc1)N(C)C. The minimum Gasteiger partial charge on any atom is -0.461 e. The van der Waals surface area contributed by atoms with Crippen molar-refractivity contribution >= 4 is 5.97 Å². The van der Waals surface area contributed by atoms with Gasteiger partial charge in [0.25, 0.3) is 0 Å². The van der Waals surface area contributed by atoms with Gasteiger partial charge in [-0.15, -0.1) is 0 Å². The van der Waals surface area contributed by atoms with Crippen molar-refractivity contribution in [3.8, 4) is 6.07 Å². The molecule has 0 bridgehead atoms. The Morgan fingerprint density at radius 3 is 2.53 bits per heavy atom. The van der Waals surface area contributed by atoms with E-state index in [9.17, 15) is 14.3 Å². The molecule has 160 valence electrons. The van der Waals surface area contributed by atoms with Gasteiger partial charge in [0, 0.05) is 6.61 Å². The van der Waals surface area contributed by atoms with Crippen LogP contribution in [0, 0.1) is 23.1 Å². The third-order valence-electron chi connectivity index (χ3n) is 5.56. The van der Waals surface area contributed by atoms with Crippen LogP contribution >= 0.6 is 0 Å². The minimum absolute atomic E-state index is 0.0107. The Hall–Kier alpha value is -2.75. The largest absolute Gasteiger partial charge is 0.461 e. The average Bonchev–Trinajstić information content (AvgIpc) is 2.75. The topological polar surface area (TPSA) is 73.6 Å². The van der Waals surface area contributed by atoms with Gasteiger partial charge in [-0.05, 0) is 68.8 Å². The molecule has 2 rings (SSSR count). The summed E-state index contributed by atoms with van der Waals surface area (Å²) in [7, 11) is 3.76. The van der Waals surface area contributed by atoms with Gasteiger partial charge in [0.05, 0.1) is 23.1 Å². The van der Waals surface area contributed by atoms with Gasteiger partial charge in [-0.25, -0.2) is 4.39 Å². The van der Waals surface area contributed by atoms with Crippen LogP contribution in [0.4, 0.5) is 4.39 Å². The van der Waals surface area contributed by atoms with Crippen LogP contribution in [-0.4, -0.2) is 36.7 Å². The van der Waals surface area contributed by atoms with Crippen LogP contribution in [0.25, 0.3) is 0 Å². The molecule has 1 unspecified atom stereocenters. The van der Waals surface area contributed by atoms with E-state index in [2.05, 4.69) is 6.07 Å². The van der Waals surface area contributed by atoms with E-state index in [0.29, 0.717) is 24.8 Å². The van der Waals surface area contributed by atoms with Gasteiger partial charge < -0.3 is 9.84 Å². The van der Waals surface area contributed by atoms with Crippen molar-refractivity contribution in [1.82, 2.24) is 4.90 Å². The van der Waals surface area contributed by atoms with Crippen LogP contribution in [0.5, 0.6) is 0 Å². The van der Waals surface area contributed by atoms with Gasteiger partial charge in [-0.2, -0.15) is 5.26 Å². The molecule has 0 aromatic heterocycles. The Morgan fingerprint density at radius 2 is 1.97 bits per heavy atom. The molecule has 0 aliphatic carbocycles. The standard InChI is InChI=1S/C24H29FN2O3/c1-4-22(23(29)30-17-19-8-5-7-18(15-19)16-26)24(27(2)3,13-6-14-28)20-9-11-21(25)12-10-20/h5,7-12,15,22,28H,4,6,13-14,17H2,1-3H3/t22?,24-/m0/s1. The molecule has 2 aromatic rings. The van der Waals surface area contributed by atoms with E-state index < -0.39 is 11.5 Å². The molecule has 2 atom stereocenters. The zero-order valence-electron chi connectivity index (χ0n) is 17.8. The maximum Gasteiger partial charge on any atom is 0.311 e. The van der Waals surface area contributed by atoms with E-state index in [1.54, 1.807) is 36.4 Å². The van der Waals surface area contributed by atoms with Crippen molar-refractivity contribution < 1.29 is 19.0 Å². The van der Waals surface area contributed by atoms with Crippen LogP contribution in [0.2, 0.25) is 0 Å². The molecule has 0 radical (unpaired) electrons. The molecule has 2 aromatic carbocycles. The molecule has 0 heterocycles. The Morgan fingerprint density at radius 1 is 1.27 bits per heavy atom. The van der Waals surface area contributed by atoms with Gasteiger partial charge in [-0.1, -0.05) is 31.2 Å². The lowest BCUT2D eigenvalue weighted by Gasteiger charge is -2.45. The van der Waals surface area contributed by atoms with Gasteiger partial charge >= 0.3 is 5.97 Å². The maximum atomic E-state index is 13.6. The van der Waals surface area contributed by atoms with Crippen LogP contribution in [0.1, 0.15) is 42.9 Å². The number of esters is 1. The Balaban J connectivity index is 2.36. The first-order valence-corrected chi connectivity index (χ1v) is 10.1. The van der Waals surface area contributed by atoms with Crippen molar-refractivity contribution in [1.29, 1.82) is 5.26 Å². The predicted octanol–water partition coefficient (Wildman–Crippen LogP) is 4.00. The Labute approximate surface area is 177 Å². The smallest absolute Gasteiger partial charge is 0.311 e. The molecule has 0 amide bonds. The number of hydrogen-bond donors (Lipinski definition) is 1. The van der Waals surface area contributed by atoms with E-state index in [1.165, 1.54) is 12.1 Å². The minimum atomic E-state index is -0.753. The molecular weight excluding hydrogens is 383 g/mol. The lowest BCUT2D eigenvalue weighted by atomic mass is 9.72. The highest BCUT2D eigenvalue weighted by atomic mass is 19.1. The third kappa shape index (κ3) is 5.24. The van der Waals surface area contributed by atoms with E-state index >= 15 is 0 Å². The summed E-state index contributed by atoms with van der Waals surface area (Å²) in [5, 5.41) is 18.5. The second-order valence-electron chi connectivity index (χ2n) is 7.53. The van der Waals surface area contributed by atoms with Crippen molar-refractivity contribution in [2.75, 3.05) is 20.7 Å². The van der Waals surface area contributed by atoms with E-state index in [4.69, 9.17) is 10.00 Å². The van der Waals surface area contributed by atoms with Crippen LogP contribution in [0.3, 0.4) is 0 Å². The fraction of sp³-hybridized carbons (Fsp3) is 0.417.